The molecule has 0 amide bonds. The second kappa shape index (κ2) is 5.80. The first-order valence-corrected chi connectivity index (χ1v) is 6.75. The van der Waals surface area contributed by atoms with Crippen molar-refractivity contribution in [1.29, 1.82) is 0 Å². The van der Waals surface area contributed by atoms with Gasteiger partial charge in [0.15, 0.2) is 0 Å². The summed E-state index contributed by atoms with van der Waals surface area (Å²) in [5.74, 6) is 0. The maximum atomic E-state index is 12.4. The van der Waals surface area contributed by atoms with Crippen LogP contribution < -0.4 is 0 Å². The lowest BCUT2D eigenvalue weighted by Gasteiger charge is -2.20. The van der Waals surface area contributed by atoms with E-state index in [0.29, 0.717) is 4.90 Å². The fourth-order valence-corrected chi connectivity index (χ4v) is 3.15. The van der Waals surface area contributed by atoms with E-state index in [4.69, 9.17) is 0 Å². The van der Waals surface area contributed by atoms with E-state index in [1.807, 2.05) is 6.07 Å². The van der Waals surface area contributed by atoms with Gasteiger partial charge in [0.25, 0.3) is 0 Å². The zero-order valence-electron chi connectivity index (χ0n) is 9.96. The maximum absolute atomic E-state index is 12.4. The number of benzene rings is 1. The molecule has 3 nitrogen and oxygen atoms in total. The van der Waals surface area contributed by atoms with E-state index in [9.17, 15) is 8.42 Å². The molecule has 0 saturated carbocycles. The molecule has 1 aromatic carbocycles. The maximum Gasteiger partial charge on any atom is 0.243 e. The Kier molecular flexibility index (Phi) is 4.66. The highest BCUT2D eigenvalue weighted by Crippen LogP contribution is 2.19. The molecule has 1 aromatic rings. The average Bonchev–Trinajstić information content (AvgIpc) is 2.29. The second-order valence-corrected chi connectivity index (χ2v) is 5.57. The van der Waals surface area contributed by atoms with E-state index in [1.165, 1.54) is 4.31 Å². The van der Waals surface area contributed by atoms with Gasteiger partial charge in [-0.3, -0.25) is 0 Å². The predicted molar refractivity (Wildman–Crippen MR) is 70.3 cm³/mol. The standard InChI is InChI=1S/C13H17NO2S/c1-4-10-14(11-5-2)17(15,16)13-9-7-6-8-12(13)3/h4-9H,1-2,10-11H2,3H3. The Morgan fingerprint density at radius 3 is 2.18 bits per heavy atom. The van der Waals surface area contributed by atoms with Gasteiger partial charge in [0.2, 0.25) is 10.0 Å². The summed E-state index contributed by atoms with van der Waals surface area (Å²) in [5, 5.41) is 0. The van der Waals surface area contributed by atoms with Gasteiger partial charge in [-0.15, -0.1) is 13.2 Å². The molecule has 0 spiro atoms. The number of nitrogens with zero attached hydrogens (tertiary/aromatic N) is 1. The van der Waals surface area contributed by atoms with Crippen LogP contribution in [0.25, 0.3) is 0 Å². The highest BCUT2D eigenvalue weighted by molar-refractivity contribution is 7.89. The normalized spacial score (nSPS) is 11.4. The van der Waals surface area contributed by atoms with Gasteiger partial charge in [-0.25, -0.2) is 8.42 Å². The molecule has 17 heavy (non-hydrogen) atoms. The minimum Gasteiger partial charge on any atom is -0.207 e. The van der Waals surface area contributed by atoms with E-state index in [2.05, 4.69) is 13.2 Å². The van der Waals surface area contributed by atoms with Gasteiger partial charge in [0.05, 0.1) is 4.90 Å². The molecule has 0 atom stereocenters. The third kappa shape index (κ3) is 3.05. The fraction of sp³-hybridized carbons (Fsp3) is 0.231. The van der Waals surface area contributed by atoms with Crippen molar-refractivity contribution in [3.63, 3.8) is 0 Å². The zero-order chi connectivity index (χ0) is 12.9. The van der Waals surface area contributed by atoms with Gasteiger partial charge in [-0.1, -0.05) is 30.4 Å². The summed E-state index contributed by atoms with van der Waals surface area (Å²) in [7, 11) is -3.47. The van der Waals surface area contributed by atoms with Crippen LogP contribution in [-0.2, 0) is 10.0 Å². The quantitative estimate of drug-likeness (QED) is 0.728. The SMILES string of the molecule is C=CCN(CC=C)S(=O)(=O)c1ccccc1C. The van der Waals surface area contributed by atoms with E-state index in [1.54, 1.807) is 37.3 Å². The Hall–Kier alpha value is -1.39. The molecular formula is C13H17NO2S. The van der Waals surface area contributed by atoms with Crippen LogP contribution in [0.5, 0.6) is 0 Å². The van der Waals surface area contributed by atoms with E-state index in [0.717, 1.165) is 5.56 Å². The number of hydrogen-bond donors (Lipinski definition) is 0. The van der Waals surface area contributed by atoms with Crippen molar-refractivity contribution < 1.29 is 8.42 Å². The lowest BCUT2D eigenvalue weighted by atomic mass is 10.2. The van der Waals surface area contributed by atoms with Crippen LogP contribution in [-0.4, -0.2) is 25.8 Å². The molecule has 0 aliphatic rings. The summed E-state index contributed by atoms with van der Waals surface area (Å²) in [5.41, 5.74) is 0.741. The van der Waals surface area contributed by atoms with Crippen molar-refractivity contribution in [2.75, 3.05) is 13.1 Å². The third-order valence-corrected chi connectivity index (χ3v) is 4.37. The topological polar surface area (TPSA) is 37.4 Å². The van der Waals surface area contributed by atoms with Crippen LogP contribution >= 0.6 is 0 Å². The van der Waals surface area contributed by atoms with Crippen LogP contribution in [0.1, 0.15) is 5.56 Å². The third-order valence-electron chi connectivity index (χ3n) is 2.38. The molecule has 0 aliphatic heterocycles. The smallest absolute Gasteiger partial charge is 0.207 e. The van der Waals surface area contributed by atoms with Crippen LogP contribution in [0.3, 0.4) is 0 Å². The van der Waals surface area contributed by atoms with Crippen LogP contribution in [0, 0.1) is 6.92 Å². The minimum atomic E-state index is -3.47. The molecule has 0 N–H and O–H groups in total. The molecule has 4 heteroatoms. The Bertz CT molecular complexity index is 496. The molecule has 0 saturated heterocycles. The molecule has 0 unspecified atom stereocenters. The molecule has 0 aromatic heterocycles. The van der Waals surface area contributed by atoms with Crippen LogP contribution in [0.2, 0.25) is 0 Å². The Morgan fingerprint density at radius 2 is 1.71 bits per heavy atom. The van der Waals surface area contributed by atoms with Crippen molar-refractivity contribution in [3.05, 3.63) is 55.1 Å². The van der Waals surface area contributed by atoms with Gasteiger partial charge >= 0.3 is 0 Å². The van der Waals surface area contributed by atoms with Crippen LogP contribution in [0.4, 0.5) is 0 Å². The number of sulfonamides is 1. The number of aryl methyl sites for hydroxylation is 1. The Morgan fingerprint density at radius 1 is 1.18 bits per heavy atom. The summed E-state index contributed by atoms with van der Waals surface area (Å²) in [6.07, 6.45) is 3.14. The highest BCUT2D eigenvalue weighted by atomic mass is 32.2. The summed E-state index contributed by atoms with van der Waals surface area (Å²) in [6, 6.07) is 6.94. The van der Waals surface area contributed by atoms with E-state index in [-0.39, 0.29) is 13.1 Å². The summed E-state index contributed by atoms with van der Waals surface area (Å²) in [4.78, 5) is 0.337. The first-order valence-electron chi connectivity index (χ1n) is 5.31. The lowest BCUT2D eigenvalue weighted by Crippen LogP contribution is -2.31. The molecule has 0 fully saturated rings. The van der Waals surface area contributed by atoms with Crippen molar-refractivity contribution >= 4 is 10.0 Å². The highest BCUT2D eigenvalue weighted by Gasteiger charge is 2.23. The first-order chi connectivity index (χ1) is 8.04. The van der Waals surface area contributed by atoms with Crippen molar-refractivity contribution in [3.8, 4) is 0 Å². The lowest BCUT2D eigenvalue weighted by molar-refractivity contribution is 0.474. The van der Waals surface area contributed by atoms with Crippen molar-refractivity contribution in [2.45, 2.75) is 11.8 Å². The molecule has 0 aliphatic carbocycles. The molecule has 0 bridgehead atoms. The first kappa shape index (κ1) is 13.7. The van der Waals surface area contributed by atoms with E-state index < -0.39 is 10.0 Å². The summed E-state index contributed by atoms with van der Waals surface area (Å²) < 4.78 is 26.1. The van der Waals surface area contributed by atoms with Gasteiger partial charge in [0, 0.05) is 13.1 Å². The van der Waals surface area contributed by atoms with Gasteiger partial charge in [0.1, 0.15) is 0 Å². The second-order valence-electron chi connectivity index (χ2n) is 3.66. The fourth-order valence-electron chi connectivity index (χ4n) is 1.54. The minimum absolute atomic E-state index is 0.280. The Balaban J connectivity index is 3.20. The molecule has 1 rings (SSSR count). The molecule has 92 valence electrons. The number of hydrogen-bond acceptors (Lipinski definition) is 2. The molecule has 0 radical (unpaired) electrons. The number of rotatable bonds is 6. The van der Waals surface area contributed by atoms with Gasteiger partial charge in [-0.05, 0) is 18.6 Å². The largest absolute Gasteiger partial charge is 0.243 e. The predicted octanol–water partition coefficient (Wildman–Crippen LogP) is 2.36. The Labute approximate surface area is 103 Å². The van der Waals surface area contributed by atoms with Crippen molar-refractivity contribution in [2.24, 2.45) is 0 Å². The molecule has 0 heterocycles. The van der Waals surface area contributed by atoms with Gasteiger partial charge < -0.3 is 0 Å². The van der Waals surface area contributed by atoms with E-state index >= 15 is 0 Å². The average molecular weight is 251 g/mol. The monoisotopic (exact) mass is 251 g/mol. The zero-order valence-corrected chi connectivity index (χ0v) is 10.8. The van der Waals surface area contributed by atoms with Crippen molar-refractivity contribution in [1.82, 2.24) is 4.31 Å². The summed E-state index contributed by atoms with van der Waals surface area (Å²) >= 11 is 0. The van der Waals surface area contributed by atoms with Gasteiger partial charge in [-0.2, -0.15) is 4.31 Å². The molecular weight excluding hydrogens is 234 g/mol. The summed E-state index contributed by atoms with van der Waals surface area (Å²) in [6.45, 7) is 9.49. The van der Waals surface area contributed by atoms with Crippen LogP contribution in [0.15, 0.2) is 54.5 Å².